The Balaban J connectivity index is 1.95. The van der Waals surface area contributed by atoms with Crippen molar-refractivity contribution in [3.63, 3.8) is 0 Å². The van der Waals surface area contributed by atoms with Crippen LogP contribution in [0.1, 0.15) is 25.6 Å². The molecule has 0 aliphatic carbocycles. The minimum absolute atomic E-state index is 0.0509. The number of aromatic nitrogens is 4. The summed E-state index contributed by atoms with van der Waals surface area (Å²) in [7, 11) is 0. The molecule has 0 saturated carbocycles. The summed E-state index contributed by atoms with van der Waals surface area (Å²) in [6.45, 7) is 2.07. The SMILES string of the molecule is CCCCc1nc2c3ccc4c(c3nc(N)n2n1)OC(F)(F)O4. The lowest BCUT2D eigenvalue weighted by Gasteiger charge is -2.05. The maximum atomic E-state index is 13.3. The van der Waals surface area contributed by atoms with Crippen molar-refractivity contribution in [3.05, 3.63) is 18.0 Å². The van der Waals surface area contributed by atoms with Gasteiger partial charge in [0.1, 0.15) is 5.52 Å². The molecule has 23 heavy (non-hydrogen) atoms. The molecular formula is C14H13F2N5O2. The number of nitrogens with two attached hydrogens (primary N) is 1. The van der Waals surface area contributed by atoms with Crippen LogP contribution < -0.4 is 15.2 Å². The van der Waals surface area contributed by atoms with Gasteiger partial charge in [0, 0.05) is 11.8 Å². The van der Waals surface area contributed by atoms with Crippen LogP contribution >= 0.6 is 0 Å². The number of benzene rings is 1. The van der Waals surface area contributed by atoms with E-state index in [0.717, 1.165) is 12.8 Å². The van der Waals surface area contributed by atoms with Gasteiger partial charge in [-0.2, -0.15) is 4.52 Å². The molecule has 0 saturated heterocycles. The highest BCUT2D eigenvalue weighted by atomic mass is 19.3. The number of nitrogens with zero attached hydrogens (tertiary/aromatic N) is 4. The number of alkyl halides is 2. The Morgan fingerprint density at radius 3 is 2.87 bits per heavy atom. The van der Waals surface area contributed by atoms with Gasteiger partial charge in [0.25, 0.3) is 0 Å². The van der Waals surface area contributed by atoms with Crippen molar-refractivity contribution in [2.45, 2.75) is 32.5 Å². The standard InChI is InChI=1S/C14H13F2N5O2/c1-2-3-4-9-18-12-7-5-6-8-11(23-14(15,16)22-8)10(7)19-13(17)21(12)20-9/h5-6H,2-4H2,1H3,(H2,17,19). The summed E-state index contributed by atoms with van der Waals surface area (Å²) in [6, 6.07) is 3.00. The van der Waals surface area contributed by atoms with Crippen molar-refractivity contribution < 1.29 is 18.3 Å². The number of rotatable bonds is 3. The number of ether oxygens (including phenoxy) is 2. The number of aryl methyl sites for hydroxylation is 1. The Kier molecular flexibility index (Phi) is 2.81. The van der Waals surface area contributed by atoms with E-state index in [1.165, 1.54) is 10.6 Å². The van der Waals surface area contributed by atoms with Gasteiger partial charge in [-0.1, -0.05) is 13.3 Å². The largest absolute Gasteiger partial charge is 0.586 e. The molecule has 0 fully saturated rings. The van der Waals surface area contributed by atoms with Gasteiger partial charge in [0.2, 0.25) is 5.95 Å². The average Bonchev–Trinajstić information content (AvgIpc) is 3.05. The van der Waals surface area contributed by atoms with E-state index in [4.69, 9.17) is 5.73 Å². The van der Waals surface area contributed by atoms with Crippen molar-refractivity contribution in [2.24, 2.45) is 0 Å². The number of unbranched alkanes of at least 4 members (excludes halogenated alkanes) is 1. The topological polar surface area (TPSA) is 87.6 Å². The number of halogens is 2. The summed E-state index contributed by atoms with van der Waals surface area (Å²) in [5.41, 5.74) is 6.53. The van der Waals surface area contributed by atoms with E-state index in [-0.39, 0.29) is 23.0 Å². The fourth-order valence-corrected chi connectivity index (χ4v) is 2.58. The summed E-state index contributed by atoms with van der Waals surface area (Å²) in [5.74, 6) is 0.468. The van der Waals surface area contributed by atoms with Gasteiger partial charge in [0.15, 0.2) is 23.0 Å². The van der Waals surface area contributed by atoms with Gasteiger partial charge in [0.05, 0.1) is 0 Å². The number of hydrogen-bond acceptors (Lipinski definition) is 6. The molecule has 1 aromatic carbocycles. The third-order valence-corrected chi connectivity index (χ3v) is 3.63. The van der Waals surface area contributed by atoms with Crippen molar-refractivity contribution in [1.82, 2.24) is 19.6 Å². The second-order valence-corrected chi connectivity index (χ2v) is 5.29. The number of anilines is 1. The molecule has 120 valence electrons. The first-order valence-corrected chi connectivity index (χ1v) is 7.22. The molecule has 1 aliphatic heterocycles. The third kappa shape index (κ3) is 2.11. The van der Waals surface area contributed by atoms with E-state index in [1.54, 1.807) is 6.07 Å². The lowest BCUT2D eigenvalue weighted by molar-refractivity contribution is -0.286. The first-order valence-electron chi connectivity index (χ1n) is 7.22. The van der Waals surface area contributed by atoms with Crippen LogP contribution in [0.15, 0.2) is 12.1 Å². The zero-order valence-corrected chi connectivity index (χ0v) is 12.2. The summed E-state index contributed by atoms with van der Waals surface area (Å²) < 4.78 is 37.0. The summed E-state index contributed by atoms with van der Waals surface area (Å²) in [4.78, 5) is 8.58. The zero-order chi connectivity index (χ0) is 16.2. The summed E-state index contributed by atoms with van der Waals surface area (Å²) in [6.07, 6.45) is -1.04. The Hall–Kier alpha value is -2.71. The van der Waals surface area contributed by atoms with Crippen molar-refractivity contribution >= 4 is 22.5 Å². The first kappa shape index (κ1) is 13.9. The molecule has 0 spiro atoms. The molecule has 3 aromatic rings. The molecule has 2 aromatic heterocycles. The van der Waals surface area contributed by atoms with E-state index >= 15 is 0 Å². The molecule has 3 heterocycles. The molecule has 0 radical (unpaired) electrons. The molecule has 1 aliphatic rings. The van der Waals surface area contributed by atoms with Gasteiger partial charge < -0.3 is 15.2 Å². The Bertz CT molecular complexity index is 925. The maximum Gasteiger partial charge on any atom is 0.586 e. The number of nitrogen functional groups attached to an aromatic ring is 1. The van der Waals surface area contributed by atoms with Crippen molar-refractivity contribution in [2.75, 3.05) is 5.73 Å². The normalized spacial score (nSPS) is 15.6. The van der Waals surface area contributed by atoms with Crippen LogP contribution in [0.4, 0.5) is 14.7 Å². The van der Waals surface area contributed by atoms with E-state index < -0.39 is 6.29 Å². The quantitative estimate of drug-likeness (QED) is 0.797. The minimum Gasteiger partial charge on any atom is -0.395 e. The Morgan fingerprint density at radius 2 is 2.09 bits per heavy atom. The van der Waals surface area contributed by atoms with Crippen LogP contribution in [0.25, 0.3) is 16.6 Å². The molecule has 0 atom stereocenters. The van der Waals surface area contributed by atoms with Crippen molar-refractivity contribution in [1.29, 1.82) is 0 Å². The molecule has 7 nitrogen and oxygen atoms in total. The highest BCUT2D eigenvalue weighted by Gasteiger charge is 2.44. The molecule has 0 bridgehead atoms. The molecule has 9 heteroatoms. The van der Waals surface area contributed by atoms with Crippen LogP contribution in [-0.2, 0) is 6.42 Å². The smallest absolute Gasteiger partial charge is 0.395 e. The van der Waals surface area contributed by atoms with E-state index in [1.807, 2.05) is 0 Å². The third-order valence-electron chi connectivity index (χ3n) is 3.63. The van der Waals surface area contributed by atoms with E-state index in [2.05, 4.69) is 31.5 Å². The monoisotopic (exact) mass is 321 g/mol. The van der Waals surface area contributed by atoms with Crippen LogP contribution in [0, 0.1) is 0 Å². The van der Waals surface area contributed by atoms with Gasteiger partial charge >= 0.3 is 6.29 Å². The molecule has 4 rings (SSSR count). The maximum absolute atomic E-state index is 13.3. The second kappa shape index (κ2) is 4.64. The first-order chi connectivity index (χ1) is 11.0. The second-order valence-electron chi connectivity index (χ2n) is 5.29. The van der Waals surface area contributed by atoms with Crippen LogP contribution in [-0.4, -0.2) is 25.9 Å². The highest BCUT2D eigenvalue weighted by Crippen LogP contribution is 2.45. The lowest BCUT2D eigenvalue weighted by atomic mass is 10.2. The predicted octanol–water partition coefficient (Wildman–Crippen LogP) is 2.52. The van der Waals surface area contributed by atoms with Crippen LogP contribution in [0.5, 0.6) is 11.5 Å². The molecule has 0 amide bonds. The number of hydrogen-bond donors (Lipinski definition) is 1. The molecular weight excluding hydrogens is 308 g/mol. The minimum atomic E-state index is -3.71. The van der Waals surface area contributed by atoms with Gasteiger partial charge in [-0.05, 0) is 18.6 Å². The Labute approximate surface area is 129 Å². The lowest BCUT2D eigenvalue weighted by Crippen LogP contribution is -2.26. The van der Waals surface area contributed by atoms with Gasteiger partial charge in [-0.3, -0.25) is 0 Å². The van der Waals surface area contributed by atoms with Crippen LogP contribution in [0.3, 0.4) is 0 Å². The predicted molar refractivity (Wildman–Crippen MR) is 77.5 cm³/mol. The number of fused-ring (bicyclic) bond motifs is 5. The van der Waals surface area contributed by atoms with E-state index in [0.29, 0.717) is 23.3 Å². The fourth-order valence-electron chi connectivity index (χ4n) is 2.58. The molecule has 2 N–H and O–H groups in total. The summed E-state index contributed by atoms with van der Waals surface area (Å²) >= 11 is 0. The average molecular weight is 321 g/mol. The van der Waals surface area contributed by atoms with E-state index in [9.17, 15) is 8.78 Å². The molecule has 0 unspecified atom stereocenters. The van der Waals surface area contributed by atoms with Crippen LogP contribution in [0.2, 0.25) is 0 Å². The summed E-state index contributed by atoms with van der Waals surface area (Å²) in [5, 5.41) is 4.84. The van der Waals surface area contributed by atoms with Gasteiger partial charge in [-0.25, -0.2) is 9.97 Å². The highest BCUT2D eigenvalue weighted by molar-refractivity contribution is 5.97. The van der Waals surface area contributed by atoms with Crippen molar-refractivity contribution in [3.8, 4) is 11.5 Å². The zero-order valence-electron chi connectivity index (χ0n) is 12.2. The fraction of sp³-hybridized carbons (Fsp3) is 0.357. The Morgan fingerprint density at radius 1 is 1.26 bits per heavy atom. The van der Waals surface area contributed by atoms with Gasteiger partial charge in [-0.15, -0.1) is 13.9 Å².